The van der Waals surface area contributed by atoms with Crippen molar-refractivity contribution in [3.8, 4) is 11.1 Å². The summed E-state index contributed by atoms with van der Waals surface area (Å²) in [6.07, 6.45) is 0. The highest BCUT2D eigenvalue weighted by Crippen LogP contribution is 2.34. The Hall–Kier alpha value is -2.21. The predicted molar refractivity (Wildman–Crippen MR) is 63.4 cm³/mol. The van der Waals surface area contributed by atoms with Gasteiger partial charge in [-0.05, 0) is 29.1 Å². The van der Waals surface area contributed by atoms with Gasteiger partial charge < -0.3 is 5.11 Å². The van der Waals surface area contributed by atoms with Gasteiger partial charge >= 0.3 is 11.0 Å². The van der Waals surface area contributed by atoms with Gasteiger partial charge in [-0.2, -0.15) is 0 Å². The lowest BCUT2D eigenvalue weighted by molar-refractivity contribution is -0.379. The van der Waals surface area contributed by atoms with Crippen LogP contribution in [0.1, 0.15) is 10.4 Å². The number of thiophene rings is 1. The van der Waals surface area contributed by atoms with Gasteiger partial charge in [0.25, 0.3) is 0 Å². The average Bonchev–Trinajstić information content (AvgIpc) is 2.78. The van der Waals surface area contributed by atoms with Crippen LogP contribution in [-0.4, -0.2) is 16.0 Å². The second-order valence-electron chi connectivity index (χ2n) is 3.28. The second kappa shape index (κ2) is 4.34. The molecule has 1 aromatic carbocycles. The van der Waals surface area contributed by atoms with E-state index in [-0.39, 0.29) is 10.6 Å². The molecule has 0 spiro atoms. The largest absolute Gasteiger partial charge is 0.478 e. The molecule has 1 aromatic heterocycles. The zero-order chi connectivity index (χ0) is 12.4. The lowest BCUT2D eigenvalue weighted by Gasteiger charge is -1.99. The van der Waals surface area contributed by atoms with Crippen molar-refractivity contribution in [2.75, 3.05) is 0 Å². The molecule has 5 nitrogen and oxygen atoms in total. The molecule has 0 saturated carbocycles. The minimum Gasteiger partial charge on any atom is -0.478 e. The SMILES string of the molecule is O=C(O)c1ccc(-c2ccsc2[N+](=O)[O-])cc1. The first-order chi connectivity index (χ1) is 8.09. The molecule has 0 aliphatic carbocycles. The minimum atomic E-state index is -1.02. The number of benzene rings is 1. The number of hydrogen-bond donors (Lipinski definition) is 1. The molecule has 0 saturated heterocycles. The molecule has 86 valence electrons. The van der Waals surface area contributed by atoms with Crippen LogP contribution in [0.4, 0.5) is 5.00 Å². The van der Waals surface area contributed by atoms with E-state index in [1.54, 1.807) is 23.6 Å². The third kappa shape index (κ3) is 2.16. The molecule has 1 heterocycles. The van der Waals surface area contributed by atoms with Crippen LogP contribution in [0.15, 0.2) is 35.7 Å². The fourth-order valence-electron chi connectivity index (χ4n) is 1.45. The van der Waals surface area contributed by atoms with E-state index in [2.05, 4.69) is 0 Å². The monoisotopic (exact) mass is 249 g/mol. The van der Waals surface area contributed by atoms with Crippen LogP contribution in [0.2, 0.25) is 0 Å². The van der Waals surface area contributed by atoms with Gasteiger partial charge in [0.2, 0.25) is 0 Å². The van der Waals surface area contributed by atoms with Crippen molar-refractivity contribution in [3.63, 3.8) is 0 Å². The van der Waals surface area contributed by atoms with Gasteiger partial charge in [-0.3, -0.25) is 10.1 Å². The maximum absolute atomic E-state index is 10.8. The van der Waals surface area contributed by atoms with Crippen molar-refractivity contribution >= 4 is 22.3 Å². The Labute approximate surface area is 100 Å². The van der Waals surface area contributed by atoms with Crippen LogP contribution >= 0.6 is 11.3 Å². The number of carboxylic acid groups (broad SMARTS) is 1. The zero-order valence-corrected chi connectivity index (χ0v) is 9.31. The van der Waals surface area contributed by atoms with Gasteiger partial charge in [0.15, 0.2) is 0 Å². The van der Waals surface area contributed by atoms with Crippen molar-refractivity contribution in [1.82, 2.24) is 0 Å². The summed E-state index contributed by atoms with van der Waals surface area (Å²) < 4.78 is 0. The first-order valence-electron chi connectivity index (χ1n) is 4.65. The van der Waals surface area contributed by atoms with Crippen molar-refractivity contribution in [2.24, 2.45) is 0 Å². The highest BCUT2D eigenvalue weighted by molar-refractivity contribution is 7.13. The van der Waals surface area contributed by atoms with Crippen LogP contribution in [-0.2, 0) is 0 Å². The van der Waals surface area contributed by atoms with Crippen LogP contribution < -0.4 is 0 Å². The summed E-state index contributed by atoms with van der Waals surface area (Å²) in [5.41, 5.74) is 1.31. The Bertz CT molecular complexity index is 573. The molecule has 2 rings (SSSR count). The van der Waals surface area contributed by atoms with Crippen molar-refractivity contribution < 1.29 is 14.8 Å². The number of carbonyl (C=O) groups is 1. The normalized spacial score (nSPS) is 10.1. The number of aromatic carboxylic acids is 1. The van der Waals surface area contributed by atoms with Gasteiger partial charge in [-0.25, -0.2) is 4.79 Å². The molecule has 0 aliphatic heterocycles. The van der Waals surface area contributed by atoms with Gasteiger partial charge in [-0.15, -0.1) is 0 Å². The lowest BCUT2D eigenvalue weighted by atomic mass is 10.1. The first-order valence-corrected chi connectivity index (χ1v) is 5.53. The predicted octanol–water partition coefficient (Wildman–Crippen LogP) is 3.02. The van der Waals surface area contributed by atoms with E-state index in [1.165, 1.54) is 12.1 Å². The Morgan fingerprint density at radius 2 is 1.88 bits per heavy atom. The summed E-state index contributed by atoms with van der Waals surface area (Å²) in [5.74, 6) is -1.02. The maximum Gasteiger partial charge on any atom is 0.335 e. The number of rotatable bonds is 3. The molecule has 0 radical (unpaired) electrons. The van der Waals surface area contributed by atoms with E-state index in [0.717, 1.165) is 11.3 Å². The molecule has 0 amide bonds. The molecule has 0 aliphatic rings. The summed E-state index contributed by atoms with van der Waals surface area (Å²) in [4.78, 5) is 21.0. The van der Waals surface area contributed by atoms with Crippen LogP contribution in [0.25, 0.3) is 11.1 Å². The van der Waals surface area contributed by atoms with Gasteiger partial charge in [0.05, 0.1) is 16.1 Å². The van der Waals surface area contributed by atoms with E-state index in [1.807, 2.05) is 0 Å². The summed E-state index contributed by atoms with van der Waals surface area (Å²) in [5, 5.41) is 21.2. The average molecular weight is 249 g/mol. The quantitative estimate of drug-likeness (QED) is 0.669. The molecule has 0 bridgehead atoms. The summed E-state index contributed by atoms with van der Waals surface area (Å²) in [7, 11) is 0. The van der Waals surface area contributed by atoms with E-state index in [9.17, 15) is 14.9 Å². The van der Waals surface area contributed by atoms with Crippen molar-refractivity contribution in [3.05, 3.63) is 51.4 Å². The standard InChI is InChI=1S/C11H7NO4S/c13-11(14)8-3-1-7(2-4-8)9-5-6-17-10(9)12(15)16/h1-6H,(H,13,14). The van der Waals surface area contributed by atoms with Gasteiger partial charge in [-0.1, -0.05) is 23.5 Å². The van der Waals surface area contributed by atoms with Gasteiger partial charge in [0.1, 0.15) is 0 Å². The molecular formula is C11H7NO4S. The molecule has 0 atom stereocenters. The summed E-state index contributed by atoms with van der Waals surface area (Å²) >= 11 is 1.05. The van der Waals surface area contributed by atoms with Crippen LogP contribution in [0.3, 0.4) is 0 Å². The first kappa shape index (κ1) is 11.3. The van der Waals surface area contributed by atoms with E-state index < -0.39 is 10.9 Å². The Kier molecular flexibility index (Phi) is 2.88. The zero-order valence-electron chi connectivity index (χ0n) is 8.49. The summed E-state index contributed by atoms with van der Waals surface area (Å²) in [6, 6.07) is 7.65. The second-order valence-corrected chi connectivity index (χ2v) is 4.17. The number of carboxylic acids is 1. The lowest BCUT2D eigenvalue weighted by Crippen LogP contribution is -1.95. The third-order valence-corrected chi connectivity index (χ3v) is 3.12. The topological polar surface area (TPSA) is 80.4 Å². The molecule has 0 fully saturated rings. The molecule has 1 N–H and O–H groups in total. The Morgan fingerprint density at radius 3 is 2.41 bits per heavy atom. The fourth-order valence-corrected chi connectivity index (χ4v) is 2.19. The molecule has 0 unspecified atom stereocenters. The van der Waals surface area contributed by atoms with Crippen molar-refractivity contribution in [2.45, 2.75) is 0 Å². The highest BCUT2D eigenvalue weighted by atomic mass is 32.1. The molecule has 17 heavy (non-hydrogen) atoms. The Morgan fingerprint density at radius 1 is 1.24 bits per heavy atom. The fraction of sp³-hybridized carbons (Fsp3) is 0. The van der Waals surface area contributed by atoms with Gasteiger partial charge in [0, 0.05) is 0 Å². The molecule has 6 heteroatoms. The van der Waals surface area contributed by atoms with E-state index >= 15 is 0 Å². The highest BCUT2D eigenvalue weighted by Gasteiger charge is 2.16. The van der Waals surface area contributed by atoms with E-state index in [4.69, 9.17) is 5.11 Å². The van der Waals surface area contributed by atoms with Crippen LogP contribution in [0.5, 0.6) is 0 Å². The maximum atomic E-state index is 10.8. The van der Waals surface area contributed by atoms with E-state index in [0.29, 0.717) is 11.1 Å². The van der Waals surface area contributed by atoms with Crippen LogP contribution in [0, 0.1) is 10.1 Å². The smallest absolute Gasteiger partial charge is 0.335 e. The minimum absolute atomic E-state index is 0.0630. The summed E-state index contributed by atoms with van der Waals surface area (Å²) in [6.45, 7) is 0. The number of nitro groups is 1. The molecular weight excluding hydrogens is 242 g/mol. The van der Waals surface area contributed by atoms with Crippen molar-refractivity contribution in [1.29, 1.82) is 0 Å². The molecule has 2 aromatic rings. The number of nitrogens with zero attached hydrogens (tertiary/aromatic N) is 1. The Balaban J connectivity index is 2.43. The number of hydrogen-bond acceptors (Lipinski definition) is 4. The third-order valence-electron chi connectivity index (χ3n) is 2.25.